The number of carbonyl (C=O) groups excluding carboxylic acids is 1. The number of nitrogens with one attached hydrogen (secondary N) is 1. The molecule has 1 aliphatic heterocycles. The number of rotatable bonds is 1. The second-order valence-corrected chi connectivity index (χ2v) is 3.91. The van der Waals surface area contributed by atoms with Crippen LogP contribution in [0.1, 0.15) is 15.9 Å². The maximum Gasteiger partial charge on any atom is 0.253 e. The van der Waals surface area contributed by atoms with E-state index in [0.29, 0.717) is 0 Å². The van der Waals surface area contributed by atoms with Gasteiger partial charge in [0.1, 0.15) is 0 Å². The molecule has 0 aliphatic carbocycles. The standard InChI is InChI=1S/C12H16N2O/c1-10-2-4-11(5-3-10)12(15)14-8-6-13-7-9-14/h2-5,13H,6-9H2,1H3. The minimum Gasteiger partial charge on any atom is -0.336 e. The maximum atomic E-state index is 12.0. The van der Waals surface area contributed by atoms with Crippen molar-refractivity contribution in [3.63, 3.8) is 0 Å². The summed E-state index contributed by atoms with van der Waals surface area (Å²) < 4.78 is 0. The monoisotopic (exact) mass is 204 g/mol. The number of benzene rings is 1. The van der Waals surface area contributed by atoms with Gasteiger partial charge in [0.2, 0.25) is 0 Å². The Balaban J connectivity index is 2.09. The summed E-state index contributed by atoms with van der Waals surface area (Å²) in [4.78, 5) is 13.9. The largest absolute Gasteiger partial charge is 0.336 e. The first-order chi connectivity index (χ1) is 7.27. The van der Waals surface area contributed by atoms with Crippen molar-refractivity contribution in [3.05, 3.63) is 35.4 Å². The third-order valence-corrected chi connectivity index (χ3v) is 2.70. The molecule has 0 atom stereocenters. The quantitative estimate of drug-likeness (QED) is 0.741. The van der Waals surface area contributed by atoms with E-state index < -0.39 is 0 Å². The van der Waals surface area contributed by atoms with E-state index in [-0.39, 0.29) is 5.91 Å². The molecule has 1 saturated heterocycles. The molecule has 1 N–H and O–H groups in total. The van der Waals surface area contributed by atoms with Crippen LogP contribution in [0.3, 0.4) is 0 Å². The van der Waals surface area contributed by atoms with Crippen molar-refractivity contribution >= 4 is 5.91 Å². The van der Waals surface area contributed by atoms with Crippen molar-refractivity contribution in [1.29, 1.82) is 0 Å². The Morgan fingerprint density at radius 1 is 1.20 bits per heavy atom. The molecule has 0 unspecified atom stereocenters. The van der Waals surface area contributed by atoms with Crippen molar-refractivity contribution in [2.75, 3.05) is 26.2 Å². The first kappa shape index (κ1) is 10.2. The topological polar surface area (TPSA) is 32.3 Å². The molecule has 15 heavy (non-hydrogen) atoms. The van der Waals surface area contributed by atoms with Gasteiger partial charge in [-0.05, 0) is 19.1 Å². The van der Waals surface area contributed by atoms with E-state index in [1.807, 2.05) is 36.1 Å². The van der Waals surface area contributed by atoms with Crippen LogP contribution >= 0.6 is 0 Å². The summed E-state index contributed by atoms with van der Waals surface area (Å²) in [5, 5.41) is 3.24. The Bertz CT molecular complexity index is 339. The lowest BCUT2D eigenvalue weighted by Gasteiger charge is -2.27. The van der Waals surface area contributed by atoms with Gasteiger partial charge in [-0.1, -0.05) is 17.7 Å². The third kappa shape index (κ3) is 2.36. The van der Waals surface area contributed by atoms with Gasteiger partial charge >= 0.3 is 0 Å². The van der Waals surface area contributed by atoms with Crippen LogP contribution in [-0.4, -0.2) is 37.0 Å². The molecule has 1 fully saturated rings. The molecule has 3 heteroatoms. The van der Waals surface area contributed by atoms with Crippen LogP contribution in [0.4, 0.5) is 0 Å². The van der Waals surface area contributed by atoms with Crippen molar-refractivity contribution in [2.45, 2.75) is 6.92 Å². The predicted octanol–water partition coefficient (Wildman–Crippen LogP) is 1.04. The summed E-state index contributed by atoms with van der Waals surface area (Å²) in [6, 6.07) is 7.77. The molecule has 3 nitrogen and oxygen atoms in total. The molecule has 0 spiro atoms. The van der Waals surface area contributed by atoms with Crippen LogP contribution in [0.2, 0.25) is 0 Å². The fourth-order valence-electron chi connectivity index (χ4n) is 1.75. The van der Waals surface area contributed by atoms with E-state index in [2.05, 4.69) is 5.32 Å². The van der Waals surface area contributed by atoms with Crippen LogP contribution in [-0.2, 0) is 0 Å². The Morgan fingerprint density at radius 3 is 2.40 bits per heavy atom. The molecular formula is C12H16N2O. The Morgan fingerprint density at radius 2 is 1.80 bits per heavy atom. The average molecular weight is 204 g/mol. The zero-order chi connectivity index (χ0) is 10.7. The number of piperazine rings is 1. The molecule has 2 rings (SSSR count). The van der Waals surface area contributed by atoms with E-state index in [4.69, 9.17) is 0 Å². The lowest BCUT2D eigenvalue weighted by molar-refractivity contribution is 0.0736. The fraction of sp³-hybridized carbons (Fsp3) is 0.417. The van der Waals surface area contributed by atoms with Gasteiger partial charge in [0.25, 0.3) is 5.91 Å². The van der Waals surface area contributed by atoms with Gasteiger partial charge in [-0.15, -0.1) is 0 Å². The molecule has 1 aliphatic rings. The van der Waals surface area contributed by atoms with Gasteiger partial charge < -0.3 is 10.2 Å². The van der Waals surface area contributed by atoms with Crippen molar-refractivity contribution < 1.29 is 4.79 Å². The zero-order valence-electron chi connectivity index (χ0n) is 8.99. The number of amides is 1. The number of nitrogens with zero attached hydrogens (tertiary/aromatic N) is 1. The van der Waals surface area contributed by atoms with Gasteiger partial charge in [-0.2, -0.15) is 0 Å². The van der Waals surface area contributed by atoms with E-state index >= 15 is 0 Å². The highest BCUT2D eigenvalue weighted by Gasteiger charge is 2.17. The summed E-state index contributed by atoms with van der Waals surface area (Å²) in [7, 11) is 0. The van der Waals surface area contributed by atoms with Gasteiger partial charge in [0.15, 0.2) is 0 Å². The van der Waals surface area contributed by atoms with Crippen LogP contribution in [0.5, 0.6) is 0 Å². The molecule has 0 bridgehead atoms. The highest BCUT2D eigenvalue weighted by atomic mass is 16.2. The van der Waals surface area contributed by atoms with E-state index in [0.717, 1.165) is 31.7 Å². The first-order valence-electron chi connectivity index (χ1n) is 5.34. The molecule has 0 radical (unpaired) electrons. The molecular weight excluding hydrogens is 188 g/mol. The summed E-state index contributed by atoms with van der Waals surface area (Å²) >= 11 is 0. The van der Waals surface area contributed by atoms with Crippen molar-refractivity contribution in [3.8, 4) is 0 Å². The van der Waals surface area contributed by atoms with Gasteiger partial charge in [-0.3, -0.25) is 4.79 Å². The lowest BCUT2D eigenvalue weighted by Crippen LogP contribution is -2.46. The number of aryl methyl sites for hydroxylation is 1. The summed E-state index contributed by atoms with van der Waals surface area (Å²) in [5.74, 6) is 0.150. The first-order valence-corrected chi connectivity index (χ1v) is 5.34. The molecule has 0 aromatic heterocycles. The smallest absolute Gasteiger partial charge is 0.253 e. The van der Waals surface area contributed by atoms with Crippen LogP contribution in [0.15, 0.2) is 24.3 Å². The molecule has 1 aromatic rings. The Hall–Kier alpha value is -1.35. The zero-order valence-corrected chi connectivity index (χ0v) is 8.99. The summed E-state index contributed by atoms with van der Waals surface area (Å²) in [5.41, 5.74) is 1.98. The van der Waals surface area contributed by atoms with Crippen LogP contribution in [0.25, 0.3) is 0 Å². The summed E-state index contributed by atoms with van der Waals surface area (Å²) in [6.45, 7) is 5.45. The summed E-state index contributed by atoms with van der Waals surface area (Å²) in [6.07, 6.45) is 0. The number of carbonyl (C=O) groups is 1. The van der Waals surface area contributed by atoms with Crippen LogP contribution < -0.4 is 5.32 Å². The molecule has 80 valence electrons. The van der Waals surface area contributed by atoms with E-state index in [1.54, 1.807) is 0 Å². The highest BCUT2D eigenvalue weighted by molar-refractivity contribution is 5.94. The molecule has 1 aromatic carbocycles. The highest BCUT2D eigenvalue weighted by Crippen LogP contribution is 2.07. The number of hydrogen-bond acceptors (Lipinski definition) is 2. The SMILES string of the molecule is Cc1ccc(C(=O)N2CCNCC2)cc1. The molecule has 0 saturated carbocycles. The lowest BCUT2D eigenvalue weighted by atomic mass is 10.1. The van der Waals surface area contributed by atoms with E-state index in [1.165, 1.54) is 5.56 Å². The van der Waals surface area contributed by atoms with Crippen LogP contribution in [0, 0.1) is 6.92 Å². The molecule has 1 amide bonds. The minimum atomic E-state index is 0.150. The second kappa shape index (κ2) is 4.45. The Labute approximate surface area is 90.1 Å². The third-order valence-electron chi connectivity index (χ3n) is 2.70. The normalized spacial score (nSPS) is 16.5. The fourth-order valence-corrected chi connectivity index (χ4v) is 1.75. The maximum absolute atomic E-state index is 12.0. The van der Waals surface area contributed by atoms with Gasteiger partial charge in [-0.25, -0.2) is 0 Å². The van der Waals surface area contributed by atoms with Gasteiger partial charge in [0.05, 0.1) is 0 Å². The van der Waals surface area contributed by atoms with Gasteiger partial charge in [0, 0.05) is 31.7 Å². The average Bonchev–Trinajstić information content (AvgIpc) is 2.30. The second-order valence-electron chi connectivity index (χ2n) is 3.91. The minimum absolute atomic E-state index is 0.150. The number of hydrogen-bond donors (Lipinski definition) is 1. The van der Waals surface area contributed by atoms with Crippen molar-refractivity contribution in [2.24, 2.45) is 0 Å². The van der Waals surface area contributed by atoms with E-state index in [9.17, 15) is 4.79 Å². The molecule has 1 heterocycles. The van der Waals surface area contributed by atoms with Crippen molar-refractivity contribution in [1.82, 2.24) is 10.2 Å². The predicted molar refractivity (Wildman–Crippen MR) is 60.0 cm³/mol. The Kier molecular flexibility index (Phi) is 3.02.